The van der Waals surface area contributed by atoms with Gasteiger partial charge in [-0.2, -0.15) is 0 Å². The van der Waals surface area contributed by atoms with Crippen LogP contribution in [0.15, 0.2) is 24.3 Å². The fourth-order valence-corrected chi connectivity index (χ4v) is 3.98. The molecule has 5 atom stereocenters. The number of fused-ring (bicyclic) bond motifs is 1. The Bertz CT molecular complexity index is 435. The monoisotopic (exact) mass is 234 g/mol. The molecule has 0 heterocycles. The average molecular weight is 234 g/mol. The van der Waals surface area contributed by atoms with Gasteiger partial charge >= 0.3 is 0 Å². The Balaban J connectivity index is 2.19. The van der Waals surface area contributed by atoms with Crippen molar-refractivity contribution >= 4 is 5.78 Å². The van der Waals surface area contributed by atoms with Crippen LogP contribution in [0.4, 0.5) is 0 Å². The lowest BCUT2D eigenvalue weighted by Crippen LogP contribution is -2.65. The van der Waals surface area contributed by atoms with Crippen LogP contribution < -0.4 is 0 Å². The fourth-order valence-electron chi connectivity index (χ4n) is 3.98. The number of Topliss-reactive ketones (excluding diaryl/α,β-unsaturated/α-hetero) is 1. The second-order valence-electron chi connectivity index (χ2n) is 5.91. The van der Waals surface area contributed by atoms with Gasteiger partial charge < -0.3 is 9.84 Å². The number of rotatable bonds is 1. The summed E-state index contributed by atoms with van der Waals surface area (Å²) in [4.78, 5) is 12.6. The van der Waals surface area contributed by atoms with Crippen molar-refractivity contribution in [3.63, 3.8) is 0 Å². The predicted molar refractivity (Wildman–Crippen MR) is 63.3 cm³/mol. The SMILES string of the molecule is CO[C@]12C=C[C@H]([C@@H]3C=CC(O)[C@@H]31)C(C)(C)C2=O. The molecule has 1 fully saturated rings. The van der Waals surface area contributed by atoms with Crippen molar-refractivity contribution in [1.29, 1.82) is 0 Å². The standard InChI is InChI=1S/C14H18O3/c1-13(2)9-6-7-14(17-3,12(13)16)11-8(9)4-5-10(11)15/h4-11,15H,1-3H3/t8-,9+,10?,11+,14+/m0/s1. The Hall–Kier alpha value is -0.930. The van der Waals surface area contributed by atoms with Gasteiger partial charge in [0, 0.05) is 18.4 Å². The van der Waals surface area contributed by atoms with Crippen LogP contribution in [0.3, 0.4) is 0 Å². The quantitative estimate of drug-likeness (QED) is 0.696. The summed E-state index contributed by atoms with van der Waals surface area (Å²) in [6, 6.07) is 0. The molecule has 92 valence electrons. The van der Waals surface area contributed by atoms with E-state index in [1.54, 1.807) is 13.2 Å². The second kappa shape index (κ2) is 3.09. The lowest BCUT2D eigenvalue weighted by atomic mass is 9.50. The van der Waals surface area contributed by atoms with Crippen LogP contribution in [0.2, 0.25) is 0 Å². The van der Waals surface area contributed by atoms with Gasteiger partial charge in [-0.1, -0.05) is 32.1 Å². The summed E-state index contributed by atoms with van der Waals surface area (Å²) in [6.07, 6.45) is 7.23. The summed E-state index contributed by atoms with van der Waals surface area (Å²) in [5.41, 5.74) is -1.36. The van der Waals surface area contributed by atoms with E-state index in [9.17, 15) is 9.90 Å². The molecule has 17 heavy (non-hydrogen) atoms. The third-order valence-electron chi connectivity index (χ3n) is 4.89. The molecule has 0 spiro atoms. The van der Waals surface area contributed by atoms with Gasteiger partial charge in [0.1, 0.15) is 0 Å². The Labute approximate surface area is 101 Å². The topological polar surface area (TPSA) is 46.5 Å². The zero-order chi connectivity index (χ0) is 12.4. The first-order valence-electron chi connectivity index (χ1n) is 6.11. The molecule has 3 nitrogen and oxygen atoms in total. The molecular weight excluding hydrogens is 216 g/mol. The van der Waals surface area contributed by atoms with Gasteiger partial charge in [0.2, 0.25) is 0 Å². The molecule has 1 unspecified atom stereocenters. The number of aliphatic hydroxyl groups excluding tert-OH is 1. The van der Waals surface area contributed by atoms with Crippen LogP contribution >= 0.6 is 0 Å². The first-order valence-corrected chi connectivity index (χ1v) is 6.11. The minimum Gasteiger partial charge on any atom is -0.389 e. The number of ether oxygens (including phenoxy) is 1. The van der Waals surface area contributed by atoms with E-state index in [0.717, 1.165) is 0 Å². The summed E-state index contributed by atoms with van der Waals surface area (Å²) < 4.78 is 5.56. The molecule has 4 rings (SSSR count). The third-order valence-corrected chi connectivity index (χ3v) is 4.89. The van der Waals surface area contributed by atoms with Crippen LogP contribution in [0.1, 0.15) is 13.8 Å². The van der Waals surface area contributed by atoms with Crippen LogP contribution in [0, 0.1) is 23.2 Å². The highest BCUT2D eigenvalue weighted by atomic mass is 16.5. The molecule has 2 bridgehead atoms. The largest absolute Gasteiger partial charge is 0.389 e. The molecule has 0 aromatic heterocycles. The summed E-state index contributed by atoms with van der Waals surface area (Å²) in [5, 5.41) is 10.1. The Morgan fingerprint density at radius 1 is 1.29 bits per heavy atom. The molecule has 0 aliphatic heterocycles. The number of methoxy groups -OCH3 is 1. The van der Waals surface area contributed by atoms with E-state index in [1.807, 2.05) is 26.0 Å². The maximum atomic E-state index is 12.6. The zero-order valence-corrected chi connectivity index (χ0v) is 10.4. The lowest BCUT2D eigenvalue weighted by molar-refractivity contribution is -0.175. The van der Waals surface area contributed by atoms with E-state index in [1.165, 1.54) is 0 Å². The zero-order valence-electron chi connectivity index (χ0n) is 10.4. The fraction of sp³-hybridized carbons (Fsp3) is 0.643. The summed E-state index contributed by atoms with van der Waals surface area (Å²) in [5.74, 6) is 0.333. The average Bonchev–Trinajstić information content (AvgIpc) is 2.69. The van der Waals surface area contributed by atoms with E-state index < -0.39 is 17.1 Å². The molecule has 3 heteroatoms. The molecule has 0 saturated heterocycles. The molecule has 4 aliphatic carbocycles. The molecular formula is C14H18O3. The van der Waals surface area contributed by atoms with Gasteiger partial charge in [-0.05, 0) is 17.9 Å². The van der Waals surface area contributed by atoms with Crippen molar-refractivity contribution in [3.8, 4) is 0 Å². The van der Waals surface area contributed by atoms with E-state index in [2.05, 4.69) is 6.08 Å². The summed E-state index contributed by atoms with van der Waals surface area (Å²) in [7, 11) is 1.56. The normalized spacial score (nSPS) is 49.8. The van der Waals surface area contributed by atoms with Crippen molar-refractivity contribution in [1.82, 2.24) is 0 Å². The summed E-state index contributed by atoms with van der Waals surface area (Å²) in [6.45, 7) is 3.96. The number of allylic oxidation sites excluding steroid dienone is 2. The van der Waals surface area contributed by atoms with Crippen molar-refractivity contribution in [3.05, 3.63) is 24.3 Å². The maximum absolute atomic E-state index is 12.6. The molecule has 0 amide bonds. The number of hydrogen-bond donors (Lipinski definition) is 1. The van der Waals surface area contributed by atoms with Crippen molar-refractivity contribution in [2.75, 3.05) is 7.11 Å². The van der Waals surface area contributed by atoms with Crippen molar-refractivity contribution < 1.29 is 14.6 Å². The van der Waals surface area contributed by atoms with Crippen LogP contribution in [-0.2, 0) is 9.53 Å². The van der Waals surface area contributed by atoms with Crippen molar-refractivity contribution in [2.24, 2.45) is 23.2 Å². The predicted octanol–water partition coefficient (Wildman–Crippen LogP) is 1.33. The molecule has 0 aromatic carbocycles. The molecule has 0 radical (unpaired) electrons. The van der Waals surface area contributed by atoms with Gasteiger partial charge in [0.25, 0.3) is 0 Å². The van der Waals surface area contributed by atoms with Gasteiger partial charge in [0.05, 0.1) is 6.10 Å². The number of carbonyl (C=O) groups is 1. The Morgan fingerprint density at radius 2 is 2.00 bits per heavy atom. The highest BCUT2D eigenvalue weighted by molar-refractivity contribution is 5.97. The van der Waals surface area contributed by atoms with Gasteiger partial charge in [0.15, 0.2) is 11.4 Å². The number of aliphatic hydroxyl groups is 1. The lowest BCUT2D eigenvalue weighted by Gasteiger charge is -2.56. The van der Waals surface area contributed by atoms with Gasteiger partial charge in [-0.25, -0.2) is 0 Å². The Morgan fingerprint density at radius 3 is 2.65 bits per heavy atom. The van der Waals surface area contributed by atoms with Gasteiger partial charge in [-0.3, -0.25) is 4.79 Å². The van der Waals surface area contributed by atoms with Crippen LogP contribution in [0.5, 0.6) is 0 Å². The van der Waals surface area contributed by atoms with Crippen molar-refractivity contribution in [2.45, 2.75) is 25.6 Å². The maximum Gasteiger partial charge on any atom is 0.175 e. The van der Waals surface area contributed by atoms with Crippen LogP contribution in [0.25, 0.3) is 0 Å². The minimum absolute atomic E-state index is 0.101. The van der Waals surface area contributed by atoms with E-state index in [4.69, 9.17) is 4.74 Å². The Kier molecular flexibility index (Phi) is 2.03. The van der Waals surface area contributed by atoms with Gasteiger partial charge in [-0.15, -0.1) is 0 Å². The molecule has 0 aromatic rings. The summed E-state index contributed by atoms with van der Waals surface area (Å²) >= 11 is 0. The molecule has 1 N–H and O–H groups in total. The number of carbonyl (C=O) groups excluding carboxylic acids is 1. The highest BCUT2D eigenvalue weighted by Crippen LogP contribution is 2.58. The second-order valence-corrected chi connectivity index (χ2v) is 5.91. The smallest absolute Gasteiger partial charge is 0.175 e. The minimum atomic E-state index is -0.939. The molecule has 1 saturated carbocycles. The first kappa shape index (κ1) is 11.2. The highest BCUT2D eigenvalue weighted by Gasteiger charge is 2.65. The third kappa shape index (κ3) is 1.07. The number of ketones is 1. The van der Waals surface area contributed by atoms with E-state index in [0.29, 0.717) is 0 Å². The van der Waals surface area contributed by atoms with E-state index in [-0.39, 0.29) is 23.5 Å². The van der Waals surface area contributed by atoms with E-state index >= 15 is 0 Å². The molecule has 4 aliphatic rings. The van der Waals surface area contributed by atoms with Crippen LogP contribution in [-0.4, -0.2) is 29.7 Å². The first-order chi connectivity index (χ1) is 7.95. The number of hydrogen-bond acceptors (Lipinski definition) is 3.